The van der Waals surface area contributed by atoms with Crippen LogP contribution in [-0.4, -0.2) is 37.4 Å². The molecule has 0 aliphatic heterocycles. The van der Waals surface area contributed by atoms with Crippen LogP contribution in [0.3, 0.4) is 0 Å². The maximum absolute atomic E-state index is 11.9. The lowest BCUT2D eigenvalue weighted by atomic mass is 10.0. The van der Waals surface area contributed by atoms with Gasteiger partial charge in [0.2, 0.25) is 0 Å². The van der Waals surface area contributed by atoms with Gasteiger partial charge in [0.1, 0.15) is 0 Å². The highest BCUT2D eigenvalue weighted by Crippen LogP contribution is 2.13. The largest absolute Gasteiger partial charge is 0.352 e. The minimum Gasteiger partial charge on any atom is -0.352 e. The van der Waals surface area contributed by atoms with Crippen molar-refractivity contribution in [1.29, 1.82) is 0 Å². The zero-order chi connectivity index (χ0) is 15.8. The summed E-state index contributed by atoms with van der Waals surface area (Å²) in [6.07, 6.45) is 0. The van der Waals surface area contributed by atoms with Gasteiger partial charge in [-0.1, -0.05) is 0 Å². The molecule has 1 rings (SSSR count). The highest BCUT2D eigenvalue weighted by atomic mass is 16.2. The minimum absolute atomic E-state index is 0.0241. The number of hydrogen-bond donors (Lipinski definition) is 3. The Labute approximate surface area is 124 Å². The van der Waals surface area contributed by atoms with Crippen molar-refractivity contribution >= 4 is 17.7 Å². The van der Waals surface area contributed by atoms with E-state index in [2.05, 4.69) is 16.0 Å². The fourth-order valence-corrected chi connectivity index (χ4v) is 1.64. The fourth-order valence-electron chi connectivity index (χ4n) is 1.64. The molecule has 6 nitrogen and oxygen atoms in total. The molecular formula is C15H15N3O3. The third-order valence-electron chi connectivity index (χ3n) is 2.56. The fraction of sp³-hybridized carbons (Fsp3) is 0.200. The van der Waals surface area contributed by atoms with E-state index in [-0.39, 0.29) is 36.3 Å². The number of nitrogens with one attached hydrogen (secondary N) is 3. The van der Waals surface area contributed by atoms with E-state index in [4.69, 9.17) is 20.8 Å². The Bertz CT molecular complexity index is 541. The zero-order valence-corrected chi connectivity index (χ0v) is 11.3. The molecule has 108 valence electrons. The van der Waals surface area contributed by atoms with Crippen molar-refractivity contribution in [2.45, 2.75) is 0 Å². The summed E-state index contributed by atoms with van der Waals surface area (Å²) in [4.78, 5) is 35.5. The molecule has 0 heterocycles. The van der Waals surface area contributed by atoms with Gasteiger partial charge in [-0.25, -0.2) is 0 Å². The minimum atomic E-state index is -0.568. The van der Waals surface area contributed by atoms with Crippen LogP contribution in [0.4, 0.5) is 0 Å². The van der Waals surface area contributed by atoms with Crippen molar-refractivity contribution in [3.05, 3.63) is 55.7 Å². The van der Waals surface area contributed by atoms with Crippen LogP contribution in [0.2, 0.25) is 0 Å². The summed E-state index contributed by atoms with van der Waals surface area (Å²) in [5.41, 5.74) is 0.318. The molecule has 0 unspecified atom stereocenters. The molecule has 0 aliphatic carbocycles. The topological polar surface area (TPSA) is 87.3 Å². The molecule has 0 atom stereocenters. The van der Waals surface area contributed by atoms with E-state index < -0.39 is 17.7 Å². The first-order valence-corrected chi connectivity index (χ1v) is 6.14. The SMILES string of the molecule is [CH]CNC(=O)c1ccc(C(=O)NC[CH])c(C(=O)NC[CH])c1. The summed E-state index contributed by atoms with van der Waals surface area (Å²) >= 11 is 0. The van der Waals surface area contributed by atoms with E-state index in [0.717, 1.165) is 0 Å². The monoisotopic (exact) mass is 285 g/mol. The Kier molecular flexibility index (Phi) is 6.39. The second-order valence-electron chi connectivity index (χ2n) is 3.89. The molecule has 3 amide bonds. The molecule has 0 aliphatic rings. The quantitative estimate of drug-likeness (QED) is 0.688. The third kappa shape index (κ3) is 4.30. The smallest absolute Gasteiger partial charge is 0.252 e. The Hall–Kier alpha value is -2.37. The van der Waals surface area contributed by atoms with Crippen LogP contribution in [0, 0.1) is 20.8 Å². The average Bonchev–Trinajstić information content (AvgIpc) is 2.47. The highest BCUT2D eigenvalue weighted by Gasteiger charge is 2.18. The molecule has 6 radical (unpaired) electrons. The Morgan fingerprint density at radius 1 is 0.762 bits per heavy atom. The number of amides is 3. The van der Waals surface area contributed by atoms with Crippen molar-refractivity contribution in [3.63, 3.8) is 0 Å². The molecule has 0 aromatic heterocycles. The van der Waals surface area contributed by atoms with E-state index in [1.165, 1.54) is 18.2 Å². The highest BCUT2D eigenvalue weighted by molar-refractivity contribution is 6.09. The van der Waals surface area contributed by atoms with Crippen molar-refractivity contribution < 1.29 is 14.4 Å². The van der Waals surface area contributed by atoms with Gasteiger partial charge in [0.15, 0.2) is 0 Å². The van der Waals surface area contributed by atoms with E-state index in [9.17, 15) is 14.4 Å². The molecule has 1 aromatic carbocycles. The predicted octanol–water partition coefficient (Wildman–Crippen LogP) is 0.00927. The molecule has 0 spiro atoms. The van der Waals surface area contributed by atoms with E-state index >= 15 is 0 Å². The van der Waals surface area contributed by atoms with Crippen LogP contribution < -0.4 is 16.0 Å². The van der Waals surface area contributed by atoms with Crippen molar-refractivity contribution in [2.24, 2.45) is 0 Å². The number of carbonyl (C=O) groups excluding carboxylic acids is 3. The van der Waals surface area contributed by atoms with Gasteiger partial charge in [0, 0.05) is 25.2 Å². The first-order valence-electron chi connectivity index (χ1n) is 6.14. The summed E-state index contributed by atoms with van der Waals surface area (Å²) in [5, 5.41) is 7.14. The van der Waals surface area contributed by atoms with Crippen LogP contribution >= 0.6 is 0 Å². The molecule has 0 saturated carbocycles. The summed E-state index contributed by atoms with van der Waals surface area (Å²) in [6, 6.07) is 4.07. The van der Waals surface area contributed by atoms with Gasteiger partial charge in [0.05, 0.1) is 11.1 Å². The number of hydrogen-bond acceptors (Lipinski definition) is 3. The number of carbonyl (C=O) groups is 3. The van der Waals surface area contributed by atoms with E-state index in [0.29, 0.717) is 0 Å². The molecule has 0 saturated heterocycles. The van der Waals surface area contributed by atoms with Gasteiger partial charge in [0.25, 0.3) is 17.7 Å². The average molecular weight is 285 g/mol. The molecule has 21 heavy (non-hydrogen) atoms. The summed E-state index contributed by atoms with van der Waals surface area (Å²) in [5.74, 6) is -1.54. The van der Waals surface area contributed by atoms with Crippen LogP contribution in [-0.2, 0) is 0 Å². The number of rotatable bonds is 6. The molecular weight excluding hydrogens is 270 g/mol. The van der Waals surface area contributed by atoms with Crippen molar-refractivity contribution in [1.82, 2.24) is 16.0 Å². The van der Waals surface area contributed by atoms with Gasteiger partial charge >= 0.3 is 0 Å². The molecule has 0 fully saturated rings. The summed E-state index contributed by atoms with van der Waals surface area (Å²) in [6.45, 7) is 15.5. The Morgan fingerprint density at radius 3 is 1.76 bits per heavy atom. The molecule has 0 bridgehead atoms. The van der Waals surface area contributed by atoms with E-state index in [1.807, 2.05) is 0 Å². The van der Waals surface area contributed by atoms with Crippen molar-refractivity contribution in [3.8, 4) is 0 Å². The second kappa shape index (κ2) is 8.04. The van der Waals surface area contributed by atoms with Crippen LogP contribution in [0.25, 0.3) is 0 Å². The van der Waals surface area contributed by atoms with Gasteiger partial charge in [-0.05, 0) is 39.0 Å². The zero-order valence-electron chi connectivity index (χ0n) is 11.3. The second-order valence-corrected chi connectivity index (χ2v) is 3.89. The van der Waals surface area contributed by atoms with Crippen LogP contribution in [0.5, 0.6) is 0 Å². The van der Waals surface area contributed by atoms with Gasteiger partial charge < -0.3 is 16.0 Å². The van der Waals surface area contributed by atoms with Gasteiger partial charge in [-0.15, -0.1) is 0 Å². The first-order chi connectivity index (χ1) is 10.0. The Morgan fingerprint density at radius 2 is 1.24 bits per heavy atom. The maximum atomic E-state index is 11.9. The summed E-state index contributed by atoms with van der Waals surface area (Å²) in [7, 11) is 0. The van der Waals surface area contributed by atoms with Crippen LogP contribution in [0.15, 0.2) is 18.2 Å². The molecule has 3 N–H and O–H groups in total. The van der Waals surface area contributed by atoms with E-state index in [1.54, 1.807) is 0 Å². The third-order valence-corrected chi connectivity index (χ3v) is 2.56. The first kappa shape index (κ1) is 16.7. The summed E-state index contributed by atoms with van der Waals surface area (Å²) < 4.78 is 0. The molecule has 6 heteroatoms. The van der Waals surface area contributed by atoms with Gasteiger partial charge in [-0.2, -0.15) is 0 Å². The standard InChI is InChI=1S/C15H15N3O3/c1-4-16-13(19)10-7-8-11(14(20)17-5-2)12(9-10)15(21)18-6-3/h1-3,7-9H,4-6H2,(H,16,19)(H,17,20)(H,18,21). The Balaban J connectivity index is 3.22. The number of benzene rings is 1. The maximum Gasteiger partial charge on any atom is 0.252 e. The van der Waals surface area contributed by atoms with Crippen LogP contribution in [0.1, 0.15) is 31.1 Å². The lowest BCUT2D eigenvalue weighted by Crippen LogP contribution is -2.30. The predicted molar refractivity (Wildman–Crippen MR) is 76.3 cm³/mol. The molecule has 1 aromatic rings. The normalized spacial score (nSPS) is 9.86. The lowest BCUT2D eigenvalue weighted by molar-refractivity contribution is 0.0922. The lowest BCUT2D eigenvalue weighted by Gasteiger charge is -2.11. The van der Waals surface area contributed by atoms with Gasteiger partial charge in [-0.3, -0.25) is 14.4 Å². The van der Waals surface area contributed by atoms with Crippen molar-refractivity contribution in [2.75, 3.05) is 19.6 Å².